The molecule has 202 valence electrons. The smallest absolute Gasteiger partial charge is 0.410 e. The third kappa shape index (κ3) is 4.35. The number of halogens is 1. The van der Waals surface area contributed by atoms with Gasteiger partial charge in [-0.05, 0) is 64.2 Å². The lowest BCUT2D eigenvalue weighted by atomic mass is 9.94. The Morgan fingerprint density at radius 1 is 1.18 bits per heavy atom. The highest BCUT2D eigenvalue weighted by molar-refractivity contribution is 5.94. The maximum atomic E-state index is 16.4. The summed E-state index contributed by atoms with van der Waals surface area (Å²) in [6.45, 7) is 17.1. The van der Waals surface area contributed by atoms with Crippen molar-refractivity contribution in [1.82, 2.24) is 29.5 Å². The quantitative estimate of drug-likeness (QED) is 0.378. The Bertz CT molecular complexity index is 1530. The molecule has 1 aliphatic rings. The van der Waals surface area contributed by atoms with Crippen molar-refractivity contribution in [2.75, 3.05) is 24.5 Å². The molecule has 0 aromatic carbocycles. The molecule has 1 atom stereocenters. The molecule has 38 heavy (non-hydrogen) atoms. The van der Waals surface area contributed by atoms with Gasteiger partial charge in [0.15, 0.2) is 17.3 Å². The summed E-state index contributed by atoms with van der Waals surface area (Å²) in [6, 6.07) is -0.128. The zero-order valence-corrected chi connectivity index (χ0v) is 23.4. The number of amides is 1. The Morgan fingerprint density at radius 3 is 2.58 bits per heavy atom. The molecule has 1 amide bonds. The molecule has 10 heteroatoms. The number of carbonyl (C=O) groups is 1. The largest absolute Gasteiger partial charge is 0.444 e. The van der Waals surface area contributed by atoms with Crippen LogP contribution in [0.4, 0.5) is 15.0 Å². The Labute approximate surface area is 222 Å². The second-order valence-electron chi connectivity index (χ2n) is 11.5. The first-order valence-corrected chi connectivity index (χ1v) is 13.1. The Hall–Kier alpha value is -3.69. The van der Waals surface area contributed by atoms with Gasteiger partial charge >= 0.3 is 6.09 Å². The summed E-state index contributed by atoms with van der Waals surface area (Å²) in [5, 5.41) is 4.89. The van der Waals surface area contributed by atoms with E-state index in [1.54, 1.807) is 21.9 Å². The van der Waals surface area contributed by atoms with Crippen LogP contribution in [0.15, 0.2) is 18.7 Å². The number of nitrogens with zero attached hydrogens (tertiary/aromatic N) is 6. The molecule has 0 aliphatic carbocycles. The molecule has 1 saturated heterocycles. The van der Waals surface area contributed by atoms with Crippen LogP contribution < -0.4 is 4.90 Å². The van der Waals surface area contributed by atoms with Crippen LogP contribution in [0.3, 0.4) is 0 Å². The third-order valence-corrected chi connectivity index (χ3v) is 7.32. The van der Waals surface area contributed by atoms with Crippen LogP contribution in [0.2, 0.25) is 0 Å². The van der Waals surface area contributed by atoms with Gasteiger partial charge in [-0.25, -0.2) is 23.7 Å². The fourth-order valence-corrected chi connectivity index (χ4v) is 5.37. The highest BCUT2D eigenvalue weighted by Crippen LogP contribution is 2.40. The molecule has 4 aromatic rings. The van der Waals surface area contributed by atoms with E-state index in [9.17, 15) is 4.79 Å². The van der Waals surface area contributed by atoms with Gasteiger partial charge in [0.2, 0.25) is 0 Å². The van der Waals surface area contributed by atoms with Crippen LogP contribution in [0.1, 0.15) is 64.2 Å². The summed E-state index contributed by atoms with van der Waals surface area (Å²) in [5.41, 5.74) is 5.73. The third-order valence-electron chi connectivity index (χ3n) is 7.32. The van der Waals surface area contributed by atoms with Gasteiger partial charge in [-0.15, -0.1) is 0 Å². The van der Waals surface area contributed by atoms with Crippen LogP contribution in [0.5, 0.6) is 0 Å². The van der Waals surface area contributed by atoms with Crippen molar-refractivity contribution >= 4 is 28.5 Å². The number of fused-ring (bicyclic) bond motifs is 2. The Kier molecular flexibility index (Phi) is 6.31. The number of hydrogen-bond acceptors (Lipinski definition) is 6. The van der Waals surface area contributed by atoms with Gasteiger partial charge in [-0.2, -0.15) is 5.10 Å². The number of anilines is 1. The number of rotatable bonds is 3. The highest BCUT2D eigenvalue weighted by atomic mass is 19.1. The van der Waals surface area contributed by atoms with Gasteiger partial charge in [0.25, 0.3) is 0 Å². The van der Waals surface area contributed by atoms with Crippen LogP contribution in [-0.4, -0.2) is 66.8 Å². The monoisotopic (exact) mass is 521 g/mol. The lowest BCUT2D eigenvalue weighted by molar-refractivity contribution is 0.0218. The van der Waals surface area contributed by atoms with Crippen LogP contribution in [0, 0.1) is 19.7 Å². The van der Waals surface area contributed by atoms with Gasteiger partial charge in [-0.3, -0.25) is 0 Å². The van der Waals surface area contributed by atoms with Crippen molar-refractivity contribution in [2.24, 2.45) is 0 Å². The molecule has 1 aliphatic heterocycles. The molecule has 0 unspecified atom stereocenters. The molecule has 0 bridgehead atoms. The Balaban J connectivity index is 1.55. The summed E-state index contributed by atoms with van der Waals surface area (Å²) >= 11 is 0. The molecule has 9 nitrogen and oxygen atoms in total. The van der Waals surface area contributed by atoms with Crippen molar-refractivity contribution in [3.63, 3.8) is 0 Å². The van der Waals surface area contributed by atoms with E-state index in [0.717, 1.165) is 33.6 Å². The van der Waals surface area contributed by atoms with Crippen LogP contribution >= 0.6 is 0 Å². The van der Waals surface area contributed by atoms with E-state index in [-0.39, 0.29) is 23.9 Å². The average molecular weight is 522 g/mol. The van der Waals surface area contributed by atoms with Gasteiger partial charge in [0.05, 0.1) is 17.4 Å². The summed E-state index contributed by atoms with van der Waals surface area (Å²) in [6.07, 6.45) is 4.86. The number of aryl methyl sites for hydroxylation is 1. The summed E-state index contributed by atoms with van der Waals surface area (Å²) in [5.74, 6) is 0.0134. The maximum Gasteiger partial charge on any atom is 0.410 e. The number of piperazine rings is 1. The van der Waals surface area contributed by atoms with Gasteiger partial charge in [0, 0.05) is 42.8 Å². The van der Waals surface area contributed by atoms with E-state index in [1.165, 1.54) is 0 Å². The normalized spacial score (nSPS) is 16.7. The summed E-state index contributed by atoms with van der Waals surface area (Å²) in [7, 11) is 0. The van der Waals surface area contributed by atoms with Crippen molar-refractivity contribution in [1.29, 1.82) is 0 Å². The SMILES string of the molecule is Cc1c(-c2[nH]c3cnc(N4CCN(C(=O)OC(C)(C)C)C[C@H]4C)c(F)c3c2C(C)C)cn2ncnc2c1C. The molecule has 5 rings (SSSR count). The average Bonchev–Trinajstić information content (AvgIpc) is 3.46. The van der Waals surface area contributed by atoms with E-state index < -0.39 is 5.60 Å². The minimum atomic E-state index is -0.565. The predicted octanol–water partition coefficient (Wildman–Crippen LogP) is 5.60. The minimum Gasteiger partial charge on any atom is -0.444 e. The van der Waals surface area contributed by atoms with E-state index >= 15 is 4.39 Å². The first-order valence-electron chi connectivity index (χ1n) is 13.1. The highest BCUT2D eigenvalue weighted by Gasteiger charge is 2.33. The molecule has 1 fully saturated rings. The lowest BCUT2D eigenvalue weighted by Crippen LogP contribution is -2.55. The second kappa shape index (κ2) is 9.25. The molecule has 0 spiro atoms. The fourth-order valence-electron chi connectivity index (χ4n) is 5.37. The summed E-state index contributed by atoms with van der Waals surface area (Å²) in [4.78, 5) is 28.6. The van der Waals surface area contributed by atoms with E-state index in [2.05, 4.69) is 40.8 Å². The number of H-pyrrole nitrogens is 1. The Morgan fingerprint density at radius 2 is 1.92 bits per heavy atom. The van der Waals surface area contributed by atoms with Gasteiger partial charge in [0.1, 0.15) is 11.9 Å². The molecule has 0 saturated carbocycles. The number of ether oxygens (including phenoxy) is 1. The zero-order chi connectivity index (χ0) is 27.5. The molecular formula is C28H36FN7O2. The van der Waals surface area contributed by atoms with E-state index in [4.69, 9.17) is 4.74 Å². The maximum absolute atomic E-state index is 16.4. The van der Waals surface area contributed by atoms with Crippen molar-refractivity contribution < 1.29 is 13.9 Å². The van der Waals surface area contributed by atoms with Crippen LogP contribution in [-0.2, 0) is 4.74 Å². The standard InChI is InChI=1S/C28H36FN7O2/c1-15(2)21-22-20(33-24(21)19-13-36-25(31-14-32-36)18(5)17(19)4)11-30-26(23(22)29)35-10-9-34(12-16(35)3)27(37)38-28(6,7)8/h11,13-16,33H,9-10,12H2,1-8H3/t16-/m1/s1. The summed E-state index contributed by atoms with van der Waals surface area (Å²) < 4.78 is 23.7. The number of aromatic amines is 1. The first kappa shape index (κ1) is 25.9. The number of nitrogens with one attached hydrogen (secondary N) is 1. The fraction of sp³-hybridized carbons (Fsp3) is 0.500. The van der Waals surface area contributed by atoms with E-state index in [0.29, 0.717) is 36.4 Å². The molecular weight excluding hydrogens is 485 g/mol. The number of aromatic nitrogens is 5. The first-order chi connectivity index (χ1) is 17.9. The van der Waals surface area contributed by atoms with Crippen molar-refractivity contribution in [2.45, 2.75) is 73.0 Å². The minimum absolute atomic E-state index is 0.0519. The topological polar surface area (TPSA) is 91.7 Å². The van der Waals surface area contributed by atoms with Gasteiger partial charge in [-0.1, -0.05) is 13.8 Å². The van der Waals surface area contributed by atoms with Crippen molar-refractivity contribution in [3.8, 4) is 11.3 Å². The number of hydrogen-bond donors (Lipinski definition) is 1. The number of pyridine rings is 2. The molecule has 1 N–H and O–H groups in total. The zero-order valence-electron chi connectivity index (χ0n) is 23.4. The molecule has 5 heterocycles. The van der Waals surface area contributed by atoms with Crippen molar-refractivity contribution in [3.05, 3.63) is 41.2 Å². The van der Waals surface area contributed by atoms with Gasteiger partial charge < -0.3 is 19.5 Å². The predicted molar refractivity (Wildman–Crippen MR) is 146 cm³/mol. The number of carbonyl (C=O) groups excluding carboxylic acids is 1. The van der Waals surface area contributed by atoms with Crippen LogP contribution in [0.25, 0.3) is 27.8 Å². The second-order valence-corrected chi connectivity index (χ2v) is 11.5. The molecule has 0 radical (unpaired) electrons. The lowest BCUT2D eigenvalue weighted by Gasteiger charge is -2.40. The van der Waals surface area contributed by atoms with E-state index in [1.807, 2.05) is 45.7 Å². The molecule has 4 aromatic heterocycles.